The van der Waals surface area contributed by atoms with Gasteiger partial charge < -0.3 is 15.5 Å². The molecule has 1 atom stereocenters. The zero-order chi connectivity index (χ0) is 15.6. The topological polar surface area (TPSA) is 70.2 Å². The summed E-state index contributed by atoms with van der Waals surface area (Å²) in [5, 5.41) is 5.49. The second kappa shape index (κ2) is 5.74. The van der Waals surface area contributed by atoms with E-state index in [0.29, 0.717) is 19.4 Å². The van der Waals surface area contributed by atoms with Crippen LogP contribution >= 0.6 is 0 Å². The summed E-state index contributed by atoms with van der Waals surface area (Å²) in [4.78, 5) is 20.1. The van der Waals surface area contributed by atoms with E-state index in [2.05, 4.69) is 20.6 Å². The maximum Gasteiger partial charge on any atom is 0.433 e. The Kier molecular flexibility index (Phi) is 4.19. The number of piperidine rings is 1. The van der Waals surface area contributed by atoms with E-state index in [1.807, 2.05) is 0 Å². The molecule has 1 aromatic heterocycles. The third-order valence-corrected chi connectivity index (χ3v) is 3.06. The molecule has 0 bridgehead atoms. The number of alkyl halides is 3. The minimum Gasteiger partial charge on any atom is -0.363 e. The Hall–Kier alpha value is -2.06. The van der Waals surface area contributed by atoms with Gasteiger partial charge in [0.05, 0.1) is 0 Å². The number of aromatic nitrogens is 2. The Morgan fingerprint density at radius 2 is 2.10 bits per heavy atom. The summed E-state index contributed by atoms with van der Waals surface area (Å²) in [6.07, 6.45) is -3.68. The van der Waals surface area contributed by atoms with Crippen molar-refractivity contribution in [1.29, 1.82) is 0 Å². The molecule has 2 heterocycles. The lowest BCUT2D eigenvalue weighted by atomic mass is 10.1. The van der Waals surface area contributed by atoms with Crippen molar-refractivity contribution in [3.8, 4) is 0 Å². The van der Waals surface area contributed by atoms with E-state index in [-0.39, 0.29) is 23.7 Å². The number of carbonyl (C=O) groups excluding carboxylic acids is 1. The van der Waals surface area contributed by atoms with Crippen LogP contribution in [-0.4, -0.2) is 42.6 Å². The van der Waals surface area contributed by atoms with Gasteiger partial charge >= 0.3 is 6.18 Å². The highest BCUT2D eigenvalue weighted by molar-refractivity contribution is 5.76. The molecular formula is C12H16F3N5O. The maximum atomic E-state index is 12.8. The third-order valence-electron chi connectivity index (χ3n) is 3.06. The van der Waals surface area contributed by atoms with Gasteiger partial charge in [0.25, 0.3) is 0 Å². The van der Waals surface area contributed by atoms with Gasteiger partial charge in [0, 0.05) is 39.2 Å². The van der Waals surface area contributed by atoms with E-state index < -0.39 is 11.9 Å². The Morgan fingerprint density at radius 3 is 2.62 bits per heavy atom. The van der Waals surface area contributed by atoms with E-state index >= 15 is 0 Å². The van der Waals surface area contributed by atoms with Crippen LogP contribution in [0, 0.1) is 0 Å². The van der Waals surface area contributed by atoms with Crippen molar-refractivity contribution in [3.63, 3.8) is 0 Å². The lowest BCUT2D eigenvalue weighted by molar-refractivity contribution is -0.141. The van der Waals surface area contributed by atoms with Crippen molar-refractivity contribution < 1.29 is 18.0 Å². The van der Waals surface area contributed by atoms with Crippen LogP contribution in [0.4, 0.5) is 24.9 Å². The Labute approximate surface area is 119 Å². The molecule has 0 aromatic carbocycles. The zero-order valence-electron chi connectivity index (χ0n) is 11.7. The van der Waals surface area contributed by atoms with Crippen molar-refractivity contribution >= 4 is 17.7 Å². The zero-order valence-corrected chi connectivity index (χ0v) is 11.7. The molecule has 2 N–H and O–H groups in total. The molecule has 1 saturated heterocycles. The molecule has 0 radical (unpaired) electrons. The molecule has 1 aliphatic rings. The number of hydrogen-bond donors (Lipinski definition) is 2. The SMILES string of the molecule is CN(C)c1cc(C(F)(F)F)nc(NC2CCC(=O)NC2)n1. The Morgan fingerprint density at radius 1 is 1.38 bits per heavy atom. The molecule has 1 aromatic rings. The molecule has 1 aliphatic heterocycles. The fourth-order valence-corrected chi connectivity index (χ4v) is 1.91. The molecule has 9 heteroatoms. The van der Waals surface area contributed by atoms with E-state index in [9.17, 15) is 18.0 Å². The van der Waals surface area contributed by atoms with Crippen LogP contribution in [-0.2, 0) is 11.0 Å². The van der Waals surface area contributed by atoms with Crippen LogP contribution < -0.4 is 15.5 Å². The summed E-state index contributed by atoms with van der Waals surface area (Å²) in [5.41, 5.74) is -0.997. The van der Waals surface area contributed by atoms with Crippen molar-refractivity contribution in [3.05, 3.63) is 11.8 Å². The first kappa shape index (κ1) is 15.3. The average Bonchev–Trinajstić information content (AvgIpc) is 2.40. The van der Waals surface area contributed by atoms with Crippen molar-refractivity contribution in [2.24, 2.45) is 0 Å². The van der Waals surface area contributed by atoms with Crippen LogP contribution in [0.2, 0.25) is 0 Å². The summed E-state index contributed by atoms with van der Waals surface area (Å²) < 4.78 is 38.5. The molecule has 116 valence electrons. The summed E-state index contributed by atoms with van der Waals surface area (Å²) in [7, 11) is 3.21. The predicted molar refractivity (Wildman–Crippen MR) is 71.0 cm³/mol. The van der Waals surface area contributed by atoms with Crippen LogP contribution in [0.5, 0.6) is 0 Å². The molecule has 1 fully saturated rings. The molecule has 0 saturated carbocycles. The standard InChI is InChI=1S/C12H16F3N5O/c1-20(2)9-5-8(12(13,14)15)18-11(19-9)17-7-3-4-10(21)16-6-7/h5,7H,3-4,6H2,1-2H3,(H,16,21)(H,17,18,19). The van der Waals surface area contributed by atoms with Crippen LogP contribution in [0.1, 0.15) is 18.5 Å². The minimum atomic E-state index is -4.54. The van der Waals surface area contributed by atoms with Crippen LogP contribution in [0.3, 0.4) is 0 Å². The first-order chi connectivity index (χ1) is 9.75. The first-order valence-electron chi connectivity index (χ1n) is 6.42. The molecule has 0 spiro atoms. The molecule has 2 rings (SSSR count). The fourth-order valence-electron chi connectivity index (χ4n) is 1.91. The van der Waals surface area contributed by atoms with Gasteiger partial charge in [-0.1, -0.05) is 0 Å². The van der Waals surface area contributed by atoms with Crippen molar-refractivity contribution in [2.75, 3.05) is 30.9 Å². The lowest BCUT2D eigenvalue weighted by Crippen LogP contribution is -2.42. The average molecular weight is 303 g/mol. The monoisotopic (exact) mass is 303 g/mol. The van der Waals surface area contributed by atoms with Crippen LogP contribution in [0.25, 0.3) is 0 Å². The van der Waals surface area contributed by atoms with E-state index in [1.165, 1.54) is 4.90 Å². The number of halogens is 3. The number of nitrogens with one attached hydrogen (secondary N) is 2. The highest BCUT2D eigenvalue weighted by Gasteiger charge is 2.34. The molecule has 1 unspecified atom stereocenters. The Bertz CT molecular complexity index is 522. The quantitative estimate of drug-likeness (QED) is 0.879. The van der Waals surface area contributed by atoms with Gasteiger partial charge in [0.1, 0.15) is 5.82 Å². The summed E-state index contributed by atoms with van der Waals surface area (Å²) in [5.74, 6) is 0.0151. The number of anilines is 2. The van der Waals surface area contributed by atoms with E-state index in [4.69, 9.17) is 0 Å². The largest absolute Gasteiger partial charge is 0.433 e. The molecule has 0 aliphatic carbocycles. The number of hydrogen-bond acceptors (Lipinski definition) is 5. The summed E-state index contributed by atoms with van der Waals surface area (Å²) >= 11 is 0. The van der Waals surface area contributed by atoms with Gasteiger partial charge in [-0.25, -0.2) is 4.98 Å². The maximum absolute atomic E-state index is 12.8. The number of rotatable bonds is 3. The van der Waals surface area contributed by atoms with Gasteiger partial charge in [-0.2, -0.15) is 18.2 Å². The molecule has 1 amide bonds. The Balaban J connectivity index is 2.22. The second-order valence-corrected chi connectivity index (χ2v) is 5.01. The third kappa shape index (κ3) is 3.96. The van der Waals surface area contributed by atoms with Gasteiger partial charge in [-0.05, 0) is 6.42 Å². The summed E-state index contributed by atoms with van der Waals surface area (Å²) in [6, 6.07) is 0.717. The van der Waals surface area contributed by atoms with Crippen molar-refractivity contribution in [2.45, 2.75) is 25.1 Å². The fraction of sp³-hybridized carbons (Fsp3) is 0.583. The second-order valence-electron chi connectivity index (χ2n) is 5.01. The lowest BCUT2D eigenvalue weighted by Gasteiger charge is -2.24. The van der Waals surface area contributed by atoms with Gasteiger partial charge in [-0.15, -0.1) is 0 Å². The minimum absolute atomic E-state index is 0.0630. The van der Waals surface area contributed by atoms with Gasteiger partial charge in [-0.3, -0.25) is 4.79 Å². The van der Waals surface area contributed by atoms with E-state index in [1.54, 1.807) is 14.1 Å². The first-order valence-corrected chi connectivity index (χ1v) is 6.42. The van der Waals surface area contributed by atoms with Crippen LogP contribution in [0.15, 0.2) is 6.07 Å². The smallest absolute Gasteiger partial charge is 0.363 e. The van der Waals surface area contributed by atoms with Crippen molar-refractivity contribution in [1.82, 2.24) is 15.3 Å². The number of nitrogens with zero attached hydrogens (tertiary/aromatic N) is 3. The number of amides is 1. The molecule has 6 nitrogen and oxygen atoms in total. The van der Waals surface area contributed by atoms with Gasteiger partial charge in [0.2, 0.25) is 11.9 Å². The highest BCUT2D eigenvalue weighted by Crippen LogP contribution is 2.30. The molecule has 21 heavy (non-hydrogen) atoms. The summed E-state index contributed by atoms with van der Waals surface area (Å²) in [6.45, 7) is 0.343. The molecular weight excluding hydrogens is 287 g/mol. The van der Waals surface area contributed by atoms with E-state index in [0.717, 1.165) is 6.07 Å². The highest BCUT2D eigenvalue weighted by atomic mass is 19.4. The normalized spacial score (nSPS) is 19.1. The predicted octanol–water partition coefficient (Wildman–Crippen LogP) is 1.25. The van der Waals surface area contributed by atoms with Gasteiger partial charge in [0.15, 0.2) is 5.69 Å². The number of carbonyl (C=O) groups is 1.